The molecule has 0 saturated carbocycles. The Kier molecular flexibility index (Phi) is 6.08. The SMILES string of the molecule is COc1c(-c2ccc3cc(OSC)ccc3c2)cc(-n2ccc(=O)[nH]c2=O)cc1C(C)(C)C. The van der Waals surface area contributed by atoms with Gasteiger partial charge < -0.3 is 8.92 Å². The highest BCUT2D eigenvalue weighted by molar-refractivity contribution is 7.94. The molecule has 7 heteroatoms. The summed E-state index contributed by atoms with van der Waals surface area (Å²) in [5.74, 6) is 1.56. The zero-order chi connectivity index (χ0) is 23.8. The van der Waals surface area contributed by atoms with Crippen molar-refractivity contribution in [3.8, 4) is 28.3 Å². The van der Waals surface area contributed by atoms with Crippen molar-refractivity contribution in [2.45, 2.75) is 26.2 Å². The van der Waals surface area contributed by atoms with Crippen LogP contribution in [0.1, 0.15) is 26.3 Å². The Bertz CT molecular complexity index is 1450. The van der Waals surface area contributed by atoms with E-state index in [-0.39, 0.29) is 5.41 Å². The van der Waals surface area contributed by atoms with Gasteiger partial charge in [-0.25, -0.2) is 4.79 Å². The van der Waals surface area contributed by atoms with Crippen molar-refractivity contribution in [2.75, 3.05) is 13.4 Å². The number of H-pyrrole nitrogens is 1. The zero-order valence-electron chi connectivity index (χ0n) is 19.3. The van der Waals surface area contributed by atoms with Crippen molar-refractivity contribution in [3.05, 3.63) is 87.2 Å². The maximum atomic E-state index is 12.5. The van der Waals surface area contributed by atoms with Crippen LogP contribution in [0.3, 0.4) is 0 Å². The molecule has 0 radical (unpaired) electrons. The summed E-state index contributed by atoms with van der Waals surface area (Å²) in [6.07, 6.45) is 3.37. The lowest BCUT2D eigenvalue weighted by molar-refractivity contribution is 0.399. The summed E-state index contributed by atoms with van der Waals surface area (Å²) >= 11 is 1.31. The Labute approximate surface area is 196 Å². The summed E-state index contributed by atoms with van der Waals surface area (Å²) in [6.45, 7) is 6.30. The molecule has 0 spiro atoms. The lowest BCUT2D eigenvalue weighted by Crippen LogP contribution is -2.27. The number of rotatable bonds is 5. The van der Waals surface area contributed by atoms with Crippen molar-refractivity contribution in [1.29, 1.82) is 0 Å². The molecule has 0 fully saturated rings. The Morgan fingerprint density at radius 3 is 2.33 bits per heavy atom. The molecule has 0 amide bonds. The molecule has 4 rings (SSSR count). The topological polar surface area (TPSA) is 73.3 Å². The van der Waals surface area contributed by atoms with E-state index < -0.39 is 11.2 Å². The highest BCUT2D eigenvalue weighted by atomic mass is 32.2. The van der Waals surface area contributed by atoms with Gasteiger partial charge in [-0.05, 0) is 52.1 Å². The number of hydrogen-bond donors (Lipinski definition) is 1. The zero-order valence-corrected chi connectivity index (χ0v) is 20.1. The summed E-state index contributed by atoms with van der Waals surface area (Å²) in [4.78, 5) is 26.4. The van der Waals surface area contributed by atoms with Crippen LogP contribution in [0.4, 0.5) is 0 Å². The predicted octanol–water partition coefficient (Wildman–Crippen LogP) is 5.31. The predicted molar refractivity (Wildman–Crippen MR) is 135 cm³/mol. The molecule has 0 aliphatic heterocycles. The number of nitrogens with one attached hydrogen (secondary N) is 1. The first kappa shape index (κ1) is 22.7. The molecule has 0 saturated heterocycles. The molecule has 1 N–H and O–H groups in total. The number of aromatic amines is 1. The maximum Gasteiger partial charge on any atom is 0.332 e. The number of fused-ring (bicyclic) bond motifs is 1. The van der Waals surface area contributed by atoms with Crippen LogP contribution >= 0.6 is 12.0 Å². The molecule has 0 unspecified atom stereocenters. The first-order valence-electron chi connectivity index (χ1n) is 10.5. The van der Waals surface area contributed by atoms with Crippen LogP contribution in [0.5, 0.6) is 11.5 Å². The molecule has 0 aliphatic carbocycles. The number of hydrogen-bond acceptors (Lipinski definition) is 5. The van der Waals surface area contributed by atoms with E-state index in [1.165, 1.54) is 28.9 Å². The van der Waals surface area contributed by atoms with Crippen LogP contribution in [0.25, 0.3) is 27.6 Å². The number of nitrogens with zero attached hydrogens (tertiary/aromatic N) is 1. The molecule has 0 bridgehead atoms. The molecular formula is C26H26N2O4S. The van der Waals surface area contributed by atoms with E-state index in [1.54, 1.807) is 7.11 Å². The average molecular weight is 463 g/mol. The molecule has 1 aromatic heterocycles. The minimum atomic E-state index is -0.488. The fourth-order valence-electron chi connectivity index (χ4n) is 3.90. The van der Waals surface area contributed by atoms with Crippen LogP contribution < -0.4 is 20.2 Å². The third kappa shape index (κ3) is 4.54. The monoisotopic (exact) mass is 462 g/mol. The van der Waals surface area contributed by atoms with E-state index in [1.807, 2.05) is 48.7 Å². The van der Waals surface area contributed by atoms with Crippen molar-refractivity contribution in [1.82, 2.24) is 9.55 Å². The molecule has 0 atom stereocenters. The van der Waals surface area contributed by atoms with Crippen molar-refractivity contribution in [3.63, 3.8) is 0 Å². The Morgan fingerprint density at radius 1 is 0.939 bits per heavy atom. The first-order chi connectivity index (χ1) is 15.7. The Hall–Kier alpha value is -3.45. The van der Waals surface area contributed by atoms with Gasteiger partial charge >= 0.3 is 5.69 Å². The number of aromatic nitrogens is 2. The van der Waals surface area contributed by atoms with Crippen LogP contribution in [-0.2, 0) is 5.41 Å². The molecule has 0 aliphatic rings. The van der Waals surface area contributed by atoms with E-state index in [2.05, 4.69) is 31.8 Å². The molecule has 4 aromatic rings. The van der Waals surface area contributed by atoms with Crippen LogP contribution in [0, 0.1) is 0 Å². The second kappa shape index (κ2) is 8.83. The minimum absolute atomic E-state index is 0.247. The second-order valence-corrected chi connectivity index (χ2v) is 9.28. The van der Waals surface area contributed by atoms with Gasteiger partial charge in [0, 0.05) is 29.6 Å². The quantitative estimate of drug-likeness (QED) is 0.407. The maximum absolute atomic E-state index is 12.5. The van der Waals surface area contributed by atoms with Gasteiger partial charge in [0.05, 0.1) is 24.8 Å². The Morgan fingerprint density at radius 2 is 1.67 bits per heavy atom. The smallest absolute Gasteiger partial charge is 0.332 e. The van der Waals surface area contributed by atoms with Crippen LogP contribution in [-0.4, -0.2) is 22.9 Å². The lowest BCUT2D eigenvalue weighted by atomic mass is 9.83. The van der Waals surface area contributed by atoms with E-state index >= 15 is 0 Å². The second-order valence-electron chi connectivity index (χ2n) is 8.78. The van der Waals surface area contributed by atoms with Gasteiger partial charge in [-0.15, -0.1) is 0 Å². The highest BCUT2D eigenvalue weighted by Crippen LogP contribution is 2.41. The fraction of sp³-hybridized carbons (Fsp3) is 0.231. The number of ether oxygens (including phenoxy) is 1. The third-order valence-electron chi connectivity index (χ3n) is 5.49. The molecule has 3 aromatic carbocycles. The molecule has 170 valence electrons. The largest absolute Gasteiger partial charge is 0.496 e. The average Bonchev–Trinajstić information content (AvgIpc) is 2.77. The molecule has 1 heterocycles. The Balaban J connectivity index is 1.97. The van der Waals surface area contributed by atoms with Crippen molar-refractivity contribution in [2.24, 2.45) is 0 Å². The van der Waals surface area contributed by atoms with Crippen molar-refractivity contribution >= 4 is 22.8 Å². The fourth-order valence-corrected chi connectivity index (χ4v) is 4.20. The van der Waals surface area contributed by atoms with E-state index in [9.17, 15) is 9.59 Å². The van der Waals surface area contributed by atoms with Gasteiger partial charge in [0.2, 0.25) is 0 Å². The van der Waals surface area contributed by atoms with E-state index in [0.29, 0.717) is 5.69 Å². The summed E-state index contributed by atoms with van der Waals surface area (Å²) in [5.41, 5.74) is 2.27. The van der Waals surface area contributed by atoms with Gasteiger partial charge in [0.15, 0.2) is 0 Å². The van der Waals surface area contributed by atoms with Crippen molar-refractivity contribution < 1.29 is 8.92 Å². The summed E-state index contributed by atoms with van der Waals surface area (Å²) in [6, 6.07) is 17.4. The van der Waals surface area contributed by atoms with Crippen LogP contribution in [0.2, 0.25) is 0 Å². The molecular weight excluding hydrogens is 436 g/mol. The summed E-state index contributed by atoms with van der Waals surface area (Å²) < 4.78 is 12.9. The minimum Gasteiger partial charge on any atom is -0.496 e. The summed E-state index contributed by atoms with van der Waals surface area (Å²) in [5, 5.41) is 2.13. The highest BCUT2D eigenvalue weighted by Gasteiger charge is 2.24. The van der Waals surface area contributed by atoms with Gasteiger partial charge in [-0.3, -0.25) is 14.3 Å². The van der Waals surface area contributed by atoms with Crippen LogP contribution in [0.15, 0.2) is 70.4 Å². The normalized spacial score (nSPS) is 11.5. The van der Waals surface area contributed by atoms with E-state index in [4.69, 9.17) is 8.92 Å². The molecule has 33 heavy (non-hydrogen) atoms. The number of methoxy groups -OCH3 is 1. The number of benzene rings is 3. The summed E-state index contributed by atoms with van der Waals surface area (Å²) in [7, 11) is 1.66. The first-order valence-corrected chi connectivity index (χ1v) is 11.7. The van der Waals surface area contributed by atoms with Gasteiger partial charge in [-0.1, -0.05) is 39.0 Å². The van der Waals surface area contributed by atoms with Gasteiger partial charge in [0.1, 0.15) is 11.5 Å². The molecule has 6 nitrogen and oxygen atoms in total. The standard InChI is InChI=1S/C26H26N2O4S/c1-26(2,3)22-15-19(28-11-10-23(29)27-25(28)30)14-21(24(22)31-4)18-7-6-17-13-20(32-33-5)9-8-16(17)12-18/h6-15H,1-5H3,(H,27,29,30). The van der Waals surface area contributed by atoms with Gasteiger partial charge in [0.25, 0.3) is 5.56 Å². The van der Waals surface area contributed by atoms with E-state index in [0.717, 1.165) is 39.0 Å². The van der Waals surface area contributed by atoms with Gasteiger partial charge in [-0.2, -0.15) is 0 Å². The third-order valence-corrected chi connectivity index (χ3v) is 5.85. The lowest BCUT2D eigenvalue weighted by Gasteiger charge is -2.25.